The Balaban J connectivity index is 1.41. The molecule has 0 unspecified atom stereocenters. The molecule has 0 atom stereocenters. The van der Waals surface area contributed by atoms with Gasteiger partial charge in [0.05, 0.1) is 17.4 Å². The molecule has 2 heterocycles. The minimum Gasteiger partial charge on any atom is -0.322 e. The summed E-state index contributed by atoms with van der Waals surface area (Å²) in [5.74, 6) is 0. The molecule has 2 N–H and O–H groups in total. The second-order valence-corrected chi connectivity index (χ2v) is 7.86. The summed E-state index contributed by atoms with van der Waals surface area (Å²) in [4.78, 5) is 19.5. The molecule has 3 aromatic rings. The van der Waals surface area contributed by atoms with Gasteiger partial charge in [-0.1, -0.05) is 35.9 Å². The Morgan fingerprint density at radius 2 is 1.86 bits per heavy atom. The van der Waals surface area contributed by atoms with Crippen LogP contribution in [0.4, 0.5) is 5.69 Å². The summed E-state index contributed by atoms with van der Waals surface area (Å²) in [5, 5.41) is 5.73. The molecule has 29 heavy (non-hydrogen) atoms. The largest absolute Gasteiger partial charge is 0.322 e. The molecule has 0 radical (unpaired) electrons. The number of pyridine rings is 1. The van der Waals surface area contributed by atoms with Crippen molar-refractivity contribution in [3.05, 3.63) is 75.0 Å². The first-order valence-electron chi connectivity index (χ1n) is 9.68. The van der Waals surface area contributed by atoms with Crippen molar-refractivity contribution in [3.8, 4) is 0 Å². The van der Waals surface area contributed by atoms with Gasteiger partial charge < -0.3 is 9.88 Å². The van der Waals surface area contributed by atoms with Gasteiger partial charge >= 0.3 is 0 Å². The van der Waals surface area contributed by atoms with E-state index in [1.165, 1.54) is 11.6 Å². The normalized spacial score (nSPS) is 15.9. The third-order valence-electron chi connectivity index (χ3n) is 5.19. The van der Waals surface area contributed by atoms with Gasteiger partial charge in [0.1, 0.15) is 0 Å². The van der Waals surface area contributed by atoms with Gasteiger partial charge in [0.15, 0.2) is 0 Å². The fourth-order valence-electron chi connectivity index (χ4n) is 3.47. The zero-order chi connectivity index (χ0) is 20.2. The van der Waals surface area contributed by atoms with Gasteiger partial charge in [-0.05, 0) is 36.4 Å². The third kappa shape index (κ3) is 5.03. The molecule has 4 rings (SSSR count). The number of aromatic nitrogens is 1. The van der Waals surface area contributed by atoms with E-state index in [1.807, 2.05) is 6.07 Å². The maximum atomic E-state index is 11.9. The number of aromatic amines is 1. The van der Waals surface area contributed by atoms with Crippen LogP contribution in [0.1, 0.15) is 11.1 Å². The lowest BCUT2D eigenvalue weighted by atomic mass is 10.1. The zero-order valence-electron chi connectivity index (χ0n) is 16.4. The van der Waals surface area contributed by atoms with E-state index in [2.05, 4.69) is 56.6 Å². The fraction of sp³-hybridized carbons (Fsp3) is 0.273. The number of hydrazone groups is 1. The number of rotatable bonds is 5. The summed E-state index contributed by atoms with van der Waals surface area (Å²) in [6.07, 6.45) is 1.75. The van der Waals surface area contributed by atoms with Crippen LogP contribution in [0.25, 0.3) is 10.9 Å². The highest BCUT2D eigenvalue weighted by Crippen LogP contribution is 2.23. The van der Waals surface area contributed by atoms with Crippen LogP contribution in [-0.4, -0.2) is 54.2 Å². The number of benzene rings is 2. The second-order valence-electron chi connectivity index (χ2n) is 7.43. The second kappa shape index (κ2) is 8.78. The van der Waals surface area contributed by atoms with Crippen LogP contribution in [0.3, 0.4) is 0 Å². The van der Waals surface area contributed by atoms with Crippen molar-refractivity contribution >= 4 is 34.4 Å². The molecule has 0 amide bonds. The highest BCUT2D eigenvalue weighted by molar-refractivity contribution is 6.31. The first-order valence-corrected chi connectivity index (χ1v) is 10.1. The van der Waals surface area contributed by atoms with Gasteiger partial charge in [0.2, 0.25) is 0 Å². The molecule has 1 fully saturated rings. The minimum absolute atomic E-state index is 0.203. The van der Waals surface area contributed by atoms with E-state index >= 15 is 0 Å². The summed E-state index contributed by atoms with van der Waals surface area (Å²) >= 11 is 6.01. The van der Waals surface area contributed by atoms with Crippen molar-refractivity contribution in [3.63, 3.8) is 0 Å². The average Bonchev–Trinajstić information content (AvgIpc) is 2.70. The lowest BCUT2D eigenvalue weighted by Gasteiger charge is -2.32. The number of hydrogen-bond acceptors (Lipinski definition) is 5. The molecule has 7 heteroatoms. The lowest BCUT2D eigenvalue weighted by molar-refractivity contribution is 0.148. The van der Waals surface area contributed by atoms with Crippen molar-refractivity contribution in [2.24, 2.45) is 5.10 Å². The highest BCUT2D eigenvalue weighted by Gasteiger charge is 2.13. The molecule has 2 aromatic carbocycles. The summed E-state index contributed by atoms with van der Waals surface area (Å²) in [5.41, 5.74) is 6.39. The summed E-state index contributed by atoms with van der Waals surface area (Å²) in [6, 6.07) is 15.3. The molecule has 6 nitrogen and oxygen atoms in total. The van der Waals surface area contributed by atoms with Crippen molar-refractivity contribution in [1.82, 2.24) is 14.8 Å². The van der Waals surface area contributed by atoms with E-state index in [0.717, 1.165) is 43.7 Å². The first kappa shape index (κ1) is 19.6. The fourth-order valence-corrected chi connectivity index (χ4v) is 3.65. The van der Waals surface area contributed by atoms with Crippen LogP contribution in [0, 0.1) is 0 Å². The van der Waals surface area contributed by atoms with E-state index < -0.39 is 0 Å². The van der Waals surface area contributed by atoms with E-state index in [-0.39, 0.29) is 5.56 Å². The Kier molecular flexibility index (Phi) is 5.94. The number of fused-ring (bicyclic) bond motifs is 1. The molecule has 1 aliphatic rings. The highest BCUT2D eigenvalue weighted by atomic mass is 35.5. The molecule has 1 aromatic heterocycles. The van der Waals surface area contributed by atoms with Crippen LogP contribution in [0.2, 0.25) is 5.02 Å². The number of likely N-dealkylation sites (N-methyl/N-ethyl adjacent to an activating group) is 1. The monoisotopic (exact) mass is 409 g/mol. The van der Waals surface area contributed by atoms with Gasteiger partial charge in [-0.25, -0.2) is 0 Å². The molecule has 0 spiro atoms. The zero-order valence-corrected chi connectivity index (χ0v) is 17.1. The molecular weight excluding hydrogens is 386 g/mol. The molecule has 1 saturated heterocycles. The van der Waals surface area contributed by atoms with Crippen molar-refractivity contribution in [2.45, 2.75) is 6.54 Å². The lowest BCUT2D eigenvalue weighted by Crippen LogP contribution is -2.43. The minimum atomic E-state index is -0.203. The Labute approximate surface area is 174 Å². The van der Waals surface area contributed by atoms with Crippen molar-refractivity contribution in [1.29, 1.82) is 0 Å². The van der Waals surface area contributed by atoms with Gasteiger partial charge in [-0.2, -0.15) is 5.10 Å². The summed E-state index contributed by atoms with van der Waals surface area (Å²) in [6.45, 7) is 5.45. The van der Waals surface area contributed by atoms with Crippen LogP contribution in [0.15, 0.2) is 58.4 Å². The first-order chi connectivity index (χ1) is 14.1. The predicted octanol–water partition coefficient (Wildman–Crippen LogP) is 3.37. The molecule has 0 aliphatic carbocycles. The van der Waals surface area contributed by atoms with Gasteiger partial charge in [-0.3, -0.25) is 15.1 Å². The number of nitrogens with zero attached hydrogens (tertiary/aromatic N) is 3. The quantitative estimate of drug-likeness (QED) is 0.501. The summed E-state index contributed by atoms with van der Waals surface area (Å²) < 4.78 is 0. The van der Waals surface area contributed by atoms with Crippen LogP contribution >= 0.6 is 11.6 Å². The van der Waals surface area contributed by atoms with E-state index in [1.54, 1.807) is 18.3 Å². The van der Waals surface area contributed by atoms with Crippen molar-refractivity contribution in [2.75, 3.05) is 38.7 Å². The third-order valence-corrected chi connectivity index (χ3v) is 5.42. The van der Waals surface area contributed by atoms with Gasteiger partial charge in [0.25, 0.3) is 5.56 Å². The molecule has 150 valence electrons. The Hall–Kier alpha value is -2.67. The van der Waals surface area contributed by atoms with Crippen molar-refractivity contribution < 1.29 is 0 Å². The number of nitrogens with one attached hydrogen (secondary N) is 2. The standard InChI is InChI=1S/C22H24ClN5O/c1-27-8-10-28(11-9-27)15-17-4-2-16(3-5-17)14-24-26-21-13-22(29)25-20-12-18(23)6-7-19(20)21/h2-7,12-14H,8-11,15H2,1H3,(H2,25,26,29)/b24-14+. The molecular formula is C22H24ClN5O. The predicted molar refractivity (Wildman–Crippen MR) is 120 cm³/mol. The Bertz CT molecular complexity index is 1070. The van der Waals surface area contributed by atoms with E-state index in [0.29, 0.717) is 16.2 Å². The van der Waals surface area contributed by atoms with Gasteiger partial charge in [-0.15, -0.1) is 0 Å². The smallest absolute Gasteiger partial charge is 0.250 e. The summed E-state index contributed by atoms with van der Waals surface area (Å²) in [7, 11) is 2.17. The van der Waals surface area contributed by atoms with Crippen LogP contribution in [0.5, 0.6) is 0 Å². The maximum absolute atomic E-state index is 11.9. The topological polar surface area (TPSA) is 63.7 Å². The average molecular weight is 410 g/mol. The van der Waals surface area contributed by atoms with E-state index in [4.69, 9.17) is 11.6 Å². The van der Waals surface area contributed by atoms with E-state index in [9.17, 15) is 4.79 Å². The van der Waals surface area contributed by atoms with Gasteiger partial charge in [0, 0.05) is 49.2 Å². The Morgan fingerprint density at radius 1 is 1.10 bits per heavy atom. The molecule has 0 saturated carbocycles. The maximum Gasteiger partial charge on any atom is 0.250 e. The Morgan fingerprint density at radius 3 is 2.62 bits per heavy atom. The SMILES string of the molecule is CN1CCN(Cc2ccc(/C=N/Nc3cc(=O)[nH]c4cc(Cl)ccc34)cc2)CC1. The molecule has 1 aliphatic heterocycles. The number of anilines is 1. The van der Waals surface area contributed by atoms with Crippen LogP contribution < -0.4 is 11.0 Å². The number of piperazine rings is 1. The number of hydrogen-bond donors (Lipinski definition) is 2. The number of halogens is 1. The number of H-pyrrole nitrogens is 1. The van der Waals surface area contributed by atoms with Crippen LogP contribution in [-0.2, 0) is 6.54 Å². The molecule has 0 bridgehead atoms.